The zero-order valence-corrected chi connectivity index (χ0v) is 15.7. The van der Waals surface area contributed by atoms with Crippen molar-refractivity contribution in [2.45, 2.75) is 26.3 Å². The normalized spacial score (nSPS) is 15.1. The summed E-state index contributed by atoms with van der Waals surface area (Å²) < 4.78 is 5.41. The lowest BCUT2D eigenvalue weighted by atomic mass is 10.2. The van der Waals surface area contributed by atoms with E-state index in [4.69, 9.17) is 9.73 Å². The molecule has 5 heteroatoms. The minimum absolute atomic E-state index is 0.692. The highest BCUT2D eigenvalue weighted by Crippen LogP contribution is 2.17. The third kappa shape index (κ3) is 6.42. The molecule has 0 aliphatic carbocycles. The average molecular weight is 345 g/mol. The molecule has 0 spiro atoms. The molecule has 0 amide bonds. The SMILES string of the molecule is C=CCCCN(C)C(=NCc1ccc(N2CCOCC2)cc1)NCC. The van der Waals surface area contributed by atoms with Crippen LogP contribution in [0.5, 0.6) is 0 Å². The number of guanidine groups is 1. The molecular weight excluding hydrogens is 312 g/mol. The first-order valence-electron chi connectivity index (χ1n) is 9.26. The van der Waals surface area contributed by atoms with Gasteiger partial charge in [0, 0.05) is 38.9 Å². The van der Waals surface area contributed by atoms with Crippen molar-refractivity contribution in [2.24, 2.45) is 4.99 Å². The molecule has 1 saturated heterocycles. The Morgan fingerprint density at radius 3 is 2.68 bits per heavy atom. The number of morpholine rings is 1. The van der Waals surface area contributed by atoms with E-state index in [2.05, 4.69) is 59.9 Å². The quantitative estimate of drug-likeness (QED) is 0.341. The minimum atomic E-state index is 0.692. The maximum absolute atomic E-state index is 5.41. The van der Waals surface area contributed by atoms with Gasteiger partial charge in [-0.25, -0.2) is 4.99 Å². The van der Waals surface area contributed by atoms with Gasteiger partial charge >= 0.3 is 0 Å². The molecule has 1 fully saturated rings. The number of nitrogens with zero attached hydrogens (tertiary/aromatic N) is 3. The van der Waals surface area contributed by atoms with E-state index in [9.17, 15) is 0 Å². The Kier molecular flexibility index (Phi) is 8.32. The summed E-state index contributed by atoms with van der Waals surface area (Å²) in [7, 11) is 2.09. The van der Waals surface area contributed by atoms with Gasteiger partial charge in [-0.3, -0.25) is 0 Å². The van der Waals surface area contributed by atoms with E-state index in [1.807, 2.05) is 6.08 Å². The second-order valence-corrected chi connectivity index (χ2v) is 6.29. The number of hydrogen-bond acceptors (Lipinski definition) is 3. The van der Waals surface area contributed by atoms with Crippen LogP contribution in [0.2, 0.25) is 0 Å². The van der Waals surface area contributed by atoms with Crippen molar-refractivity contribution in [3.63, 3.8) is 0 Å². The first-order valence-corrected chi connectivity index (χ1v) is 9.26. The first-order chi connectivity index (χ1) is 12.2. The van der Waals surface area contributed by atoms with Crippen LogP contribution in [0.1, 0.15) is 25.3 Å². The van der Waals surface area contributed by atoms with Gasteiger partial charge in [0.05, 0.1) is 19.8 Å². The van der Waals surface area contributed by atoms with Crippen molar-refractivity contribution in [2.75, 3.05) is 51.3 Å². The van der Waals surface area contributed by atoms with Gasteiger partial charge in [-0.05, 0) is 37.5 Å². The van der Waals surface area contributed by atoms with Crippen molar-refractivity contribution in [1.29, 1.82) is 0 Å². The van der Waals surface area contributed by atoms with Gasteiger partial charge < -0.3 is 19.9 Å². The zero-order valence-electron chi connectivity index (χ0n) is 15.7. The highest BCUT2D eigenvalue weighted by molar-refractivity contribution is 5.79. The first kappa shape index (κ1) is 19.3. The third-order valence-corrected chi connectivity index (χ3v) is 4.32. The van der Waals surface area contributed by atoms with Crippen molar-refractivity contribution in [3.8, 4) is 0 Å². The molecule has 1 aromatic rings. The zero-order chi connectivity index (χ0) is 17.9. The van der Waals surface area contributed by atoms with Gasteiger partial charge in [-0.2, -0.15) is 0 Å². The predicted molar refractivity (Wildman–Crippen MR) is 106 cm³/mol. The van der Waals surface area contributed by atoms with Crippen LogP contribution in [0.4, 0.5) is 5.69 Å². The summed E-state index contributed by atoms with van der Waals surface area (Å²) in [6.45, 7) is 12.0. The highest BCUT2D eigenvalue weighted by Gasteiger charge is 2.10. The molecule has 1 N–H and O–H groups in total. The van der Waals surface area contributed by atoms with Crippen LogP contribution >= 0.6 is 0 Å². The molecule has 25 heavy (non-hydrogen) atoms. The predicted octanol–water partition coefficient (Wildman–Crippen LogP) is 2.89. The van der Waals surface area contributed by atoms with Gasteiger partial charge in [0.2, 0.25) is 0 Å². The Balaban J connectivity index is 1.93. The fourth-order valence-corrected chi connectivity index (χ4v) is 2.85. The van der Waals surface area contributed by atoms with E-state index in [-0.39, 0.29) is 0 Å². The average Bonchev–Trinajstić information content (AvgIpc) is 2.66. The maximum atomic E-state index is 5.41. The number of hydrogen-bond donors (Lipinski definition) is 1. The van der Waals surface area contributed by atoms with Crippen molar-refractivity contribution in [3.05, 3.63) is 42.5 Å². The van der Waals surface area contributed by atoms with Gasteiger partial charge in [0.25, 0.3) is 0 Å². The third-order valence-electron chi connectivity index (χ3n) is 4.32. The fourth-order valence-electron chi connectivity index (χ4n) is 2.85. The van der Waals surface area contributed by atoms with Gasteiger partial charge in [-0.1, -0.05) is 18.2 Å². The van der Waals surface area contributed by atoms with Crippen LogP contribution in [0.25, 0.3) is 0 Å². The summed E-state index contributed by atoms with van der Waals surface area (Å²) in [5.74, 6) is 0.962. The Labute approximate surface area is 152 Å². The van der Waals surface area contributed by atoms with E-state index in [0.717, 1.165) is 58.2 Å². The maximum Gasteiger partial charge on any atom is 0.193 e. The largest absolute Gasteiger partial charge is 0.378 e. The summed E-state index contributed by atoms with van der Waals surface area (Å²) >= 11 is 0. The molecule has 138 valence electrons. The number of anilines is 1. The Hall–Kier alpha value is -2.01. The van der Waals surface area contributed by atoms with Crippen LogP contribution in [-0.4, -0.2) is 57.3 Å². The van der Waals surface area contributed by atoms with Crippen LogP contribution in [0.3, 0.4) is 0 Å². The lowest BCUT2D eigenvalue weighted by Crippen LogP contribution is -2.39. The van der Waals surface area contributed by atoms with Crippen LogP contribution < -0.4 is 10.2 Å². The molecule has 0 saturated carbocycles. The van der Waals surface area contributed by atoms with Gasteiger partial charge in [0.15, 0.2) is 5.96 Å². The summed E-state index contributed by atoms with van der Waals surface area (Å²) in [5.41, 5.74) is 2.50. The van der Waals surface area contributed by atoms with Crippen LogP contribution in [0.15, 0.2) is 41.9 Å². The number of nitrogens with one attached hydrogen (secondary N) is 1. The molecule has 0 radical (unpaired) electrons. The molecule has 5 nitrogen and oxygen atoms in total. The summed E-state index contributed by atoms with van der Waals surface area (Å²) in [6.07, 6.45) is 4.10. The number of ether oxygens (including phenoxy) is 1. The van der Waals surface area contributed by atoms with Crippen molar-refractivity contribution < 1.29 is 4.74 Å². The smallest absolute Gasteiger partial charge is 0.193 e. The van der Waals surface area contributed by atoms with E-state index < -0.39 is 0 Å². The molecular formula is C20H32N4O. The molecule has 0 bridgehead atoms. The monoisotopic (exact) mass is 344 g/mol. The van der Waals surface area contributed by atoms with Gasteiger partial charge in [-0.15, -0.1) is 6.58 Å². The van der Waals surface area contributed by atoms with Crippen LogP contribution in [0, 0.1) is 0 Å². The Bertz CT molecular complexity index is 535. The second-order valence-electron chi connectivity index (χ2n) is 6.29. The van der Waals surface area contributed by atoms with Crippen molar-refractivity contribution in [1.82, 2.24) is 10.2 Å². The molecule has 0 atom stereocenters. The van der Waals surface area contributed by atoms with E-state index >= 15 is 0 Å². The number of allylic oxidation sites excluding steroid dienone is 1. The number of benzene rings is 1. The Morgan fingerprint density at radius 2 is 2.04 bits per heavy atom. The Morgan fingerprint density at radius 1 is 1.32 bits per heavy atom. The lowest BCUT2D eigenvalue weighted by molar-refractivity contribution is 0.122. The molecule has 1 heterocycles. The molecule has 1 aromatic carbocycles. The summed E-state index contributed by atoms with van der Waals surface area (Å²) in [4.78, 5) is 9.34. The number of aliphatic imine (C=N–C) groups is 1. The molecule has 2 rings (SSSR count). The second kappa shape index (κ2) is 10.8. The van der Waals surface area contributed by atoms with Gasteiger partial charge in [0.1, 0.15) is 0 Å². The fraction of sp³-hybridized carbons (Fsp3) is 0.550. The highest BCUT2D eigenvalue weighted by atomic mass is 16.5. The molecule has 1 aliphatic heterocycles. The minimum Gasteiger partial charge on any atom is -0.378 e. The van der Waals surface area contributed by atoms with Crippen LogP contribution in [-0.2, 0) is 11.3 Å². The lowest BCUT2D eigenvalue weighted by Gasteiger charge is -2.28. The number of unbranched alkanes of at least 4 members (excludes halogenated alkanes) is 1. The van der Waals surface area contributed by atoms with Crippen molar-refractivity contribution >= 4 is 11.6 Å². The molecule has 1 aliphatic rings. The summed E-state index contributed by atoms with van der Waals surface area (Å²) in [6, 6.07) is 8.74. The standard InChI is InChI=1S/C20H32N4O/c1-4-6-7-12-23(3)20(21-5-2)22-17-18-8-10-19(11-9-18)24-13-15-25-16-14-24/h4,8-11H,1,5-7,12-17H2,2-3H3,(H,21,22). The van der Waals surface area contributed by atoms with E-state index in [1.165, 1.54) is 11.3 Å². The number of rotatable bonds is 8. The molecule has 0 aromatic heterocycles. The summed E-state index contributed by atoms with van der Waals surface area (Å²) in [5, 5.41) is 3.37. The molecule has 0 unspecified atom stereocenters. The topological polar surface area (TPSA) is 40.1 Å². The van der Waals surface area contributed by atoms with E-state index in [0.29, 0.717) is 6.54 Å². The van der Waals surface area contributed by atoms with E-state index in [1.54, 1.807) is 0 Å².